The van der Waals surface area contributed by atoms with Gasteiger partial charge in [0.05, 0.1) is 6.10 Å². The number of halogens is 2. The Labute approximate surface area is 138 Å². The minimum absolute atomic E-state index is 0.00119. The van der Waals surface area contributed by atoms with Crippen molar-refractivity contribution in [1.29, 1.82) is 0 Å². The Morgan fingerprint density at radius 3 is 2.42 bits per heavy atom. The monoisotopic (exact) mass is 331 g/mol. The van der Waals surface area contributed by atoms with E-state index in [1.807, 2.05) is 18.2 Å². The topological polar surface area (TPSA) is 58.6 Å². The normalized spacial score (nSPS) is 11.3. The number of hydrogen-bond acceptors (Lipinski definition) is 3. The van der Waals surface area contributed by atoms with Gasteiger partial charge in [-0.25, -0.2) is 0 Å². The third-order valence-corrected chi connectivity index (χ3v) is 3.04. The summed E-state index contributed by atoms with van der Waals surface area (Å²) in [5, 5.41) is 12.5. The molecule has 124 valence electrons. The second kappa shape index (κ2) is 8.65. The first kappa shape index (κ1) is 17.4. The van der Waals surface area contributed by atoms with Crippen LogP contribution in [0, 0.1) is 11.8 Å². The van der Waals surface area contributed by atoms with Gasteiger partial charge in [-0.15, -0.1) is 0 Å². The van der Waals surface area contributed by atoms with Crippen molar-refractivity contribution in [3.05, 3.63) is 65.7 Å². The fourth-order valence-electron chi connectivity index (χ4n) is 1.87. The Balaban J connectivity index is 1.85. The largest absolute Gasteiger partial charge is 0.435 e. The molecule has 1 unspecified atom stereocenters. The summed E-state index contributed by atoms with van der Waals surface area (Å²) in [6, 6.07) is 14.6. The van der Waals surface area contributed by atoms with Crippen LogP contribution in [0.5, 0.6) is 5.75 Å². The Kier molecular flexibility index (Phi) is 6.29. The molecule has 0 fully saturated rings. The van der Waals surface area contributed by atoms with Gasteiger partial charge in [0.25, 0.3) is 5.91 Å². The maximum Gasteiger partial charge on any atom is 0.387 e. The summed E-state index contributed by atoms with van der Waals surface area (Å²) in [6.45, 7) is -2.94. The van der Waals surface area contributed by atoms with Gasteiger partial charge >= 0.3 is 6.61 Å². The van der Waals surface area contributed by atoms with E-state index in [0.29, 0.717) is 11.1 Å². The van der Waals surface area contributed by atoms with Crippen LogP contribution in [0.2, 0.25) is 0 Å². The number of nitrogens with one attached hydrogen (secondary N) is 1. The highest BCUT2D eigenvalue weighted by Crippen LogP contribution is 2.18. The average Bonchev–Trinajstić information content (AvgIpc) is 2.59. The highest BCUT2D eigenvalue weighted by molar-refractivity contribution is 5.94. The van der Waals surface area contributed by atoms with Gasteiger partial charge < -0.3 is 15.2 Å². The van der Waals surface area contributed by atoms with E-state index >= 15 is 0 Å². The van der Waals surface area contributed by atoms with Crippen molar-refractivity contribution < 1.29 is 23.4 Å². The second-order valence-corrected chi connectivity index (χ2v) is 4.79. The zero-order valence-electron chi connectivity index (χ0n) is 12.6. The van der Waals surface area contributed by atoms with E-state index in [4.69, 9.17) is 0 Å². The van der Waals surface area contributed by atoms with Gasteiger partial charge in [0, 0.05) is 18.0 Å². The molecule has 0 bridgehead atoms. The van der Waals surface area contributed by atoms with Gasteiger partial charge in [-0.1, -0.05) is 36.3 Å². The van der Waals surface area contributed by atoms with Crippen molar-refractivity contribution in [3.8, 4) is 17.6 Å². The summed E-state index contributed by atoms with van der Waals surface area (Å²) < 4.78 is 28.3. The lowest BCUT2D eigenvalue weighted by Crippen LogP contribution is -2.27. The standard InChI is InChI=1S/C18H15F2NO3/c19-18(20)24-15-9-7-14(8-10-15)16(22)12-21-17(23)11-6-13-4-2-1-3-5-13/h1-5,7-10,16,18,22H,12H2,(H,21,23). The van der Waals surface area contributed by atoms with Crippen LogP contribution in [0.4, 0.5) is 8.78 Å². The quantitative estimate of drug-likeness (QED) is 0.828. The first-order chi connectivity index (χ1) is 11.5. The van der Waals surface area contributed by atoms with Crippen molar-refractivity contribution in [2.24, 2.45) is 0 Å². The van der Waals surface area contributed by atoms with Crippen molar-refractivity contribution in [2.75, 3.05) is 6.54 Å². The predicted octanol–water partition coefficient (Wildman–Crippen LogP) is 2.49. The molecule has 2 aromatic rings. The maximum atomic E-state index is 12.1. The number of aliphatic hydroxyl groups excluding tert-OH is 1. The van der Waals surface area contributed by atoms with Gasteiger partial charge in [0.2, 0.25) is 0 Å². The van der Waals surface area contributed by atoms with Crippen LogP contribution >= 0.6 is 0 Å². The molecule has 1 amide bonds. The van der Waals surface area contributed by atoms with Crippen LogP contribution in [0.3, 0.4) is 0 Å². The molecule has 4 nitrogen and oxygen atoms in total. The molecular weight excluding hydrogens is 316 g/mol. The van der Waals surface area contributed by atoms with E-state index in [0.717, 1.165) is 0 Å². The number of carbonyl (C=O) groups excluding carboxylic acids is 1. The summed E-state index contributed by atoms with van der Waals surface area (Å²) in [4.78, 5) is 11.6. The molecule has 0 aliphatic carbocycles. The van der Waals surface area contributed by atoms with Crippen molar-refractivity contribution in [1.82, 2.24) is 5.32 Å². The van der Waals surface area contributed by atoms with Gasteiger partial charge in [-0.05, 0) is 29.8 Å². The van der Waals surface area contributed by atoms with Gasteiger partial charge in [0.1, 0.15) is 5.75 Å². The molecule has 2 N–H and O–H groups in total. The van der Waals surface area contributed by atoms with Crippen LogP contribution in [-0.4, -0.2) is 24.2 Å². The van der Waals surface area contributed by atoms with E-state index in [1.54, 1.807) is 12.1 Å². The molecule has 0 saturated carbocycles. The second-order valence-electron chi connectivity index (χ2n) is 4.79. The van der Waals surface area contributed by atoms with Crippen LogP contribution in [-0.2, 0) is 4.79 Å². The summed E-state index contributed by atoms with van der Waals surface area (Å²) in [7, 11) is 0. The van der Waals surface area contributed by atoms with Gasteiger partial charge in [0.15, 0.2) is 0 Å². The molecule has 0 heterocycles. The third kappa shape index (κ3) is 5.71. The van der Waals surface area contributed by atoms with Crippen LogP contribution in [0.1, 0.15) is 17.2 Å². The Morgan fingerprint density at radius 2 is 1.79 bits per heavy atom. The number of carbonyl (C=O) groups is 1. The molecule has 0 saturated heterocycles. The molecule has 0 spiro atoms. The average molecular weight is 331 g/mol. The first-order valence-corrected chi connectivity index (χ1v) is 7.12. The SMILES string of the molecule is O=C(C#Cc1ccccc1)NCC(O)c1ccc(OC(F)F)cc1. The lowest BCUT2D eigenvalue weighted by atomic mass is 10.1. The van der Waals surface area contributed by atoms with Crippen LogP contribution in [0.15, 0.2) is 54.6 Å². The molecule has 0 aliphatic heterocycles. The van der Waals surface area contributed by atoms with Crippen molar-refractivity contribution in [2.45, 2.75) is 12.7 Å². The number of rotatable bonds is 5. The van der Waals surface area contributed by atoms with Crippen LogP contribution < -0.4 is 10.1 Å². The number of ether oxygens (including phenoxy) is 1. The van der Waals surface area contributed by atoms with E-state index in [1.165, 1.54) is 24.3 Å². The zero-order valence-corrected chi connectivity index (χ0v) is 12.6. The smallest absolute Gasteiger partial charge is 0.387 e. The van der Waals surface area contributed by atoms with Gasteiger partial charge in [-0.3, -0.25) is 4.79 Å². The minimum atomic E-state index is -2.90. The van der Waals surface area contributed by atoms with Crippen LogP contribution in [0.25, 0.3) is 0 Å². The highest BCUT2D eigenvalue weighted by Gasteiger charge is 2.10. The molecule has 0 aromatic heterocycles. The molecule has 6 heteroatoms. The Morgan fingerprint density at radius 1 is 1.12 bits per heavy atom. The van der Waals surface area contributed by atoms with E-state index in [9.17, 15) is 18.7 Å². The van der Waals surface area contributed by atoms with E-state index in [2.05, 4.69) is 21.9 Å². The zero-order chi connectivity index (χ0) is 17.4. The number of aliphatic hydroxyl groups is 1. The minimum Gasteiger partial charge on any atom is -0.435 e. The fraction of sp³-hybridized carbons (Fsp3) is 0.167. The van der Waals surface area contributed by atoms with Crippen molar-refractivity contribution in [3.63, 3.8) is 0 Å². The lowest BCUT2D eigenvalue weighted by Gasteiger charge is -2.12. The first-order valence-electron chi connectivity index (χ1n) is 7.12. The number of hydrogen-bond donors (Lipinski definition) is 2. The fourth-order valence-corrected chi connectivity index (χ4v) is 1.87. The van der Waals surface area contributed by atoms with Gasteiger partial charge in [-0.2, -0.15) is 8.78 Å². The molecule has 0 radical (unpaired) electrons. The van der Waals surface area contributed by atoms with Crippen molar-refractivity contribution >= 4 is 5.91 Å². The number of benzene rings is 2. The summed E-state index contributed by atoms with van der Waals surface area (Å²) >= 11 is 0. The molecule has 1 atom stereocenters. The maximum absolute atomic E-state index is 12.1. The molecule has 24 heavy (non-hydrogen) atoms. The summed E-state index contributed by atoms with van der Waals surface area (Å²) in [5.74, 6) is 4.61. The Hall–Kier alpha value is -2.91. The molecule has 0 aliphatic rings. The van der Waals surface area contributed by atoms with E-state index in [-0.39, 0.29) is 12.3 Å². The predicted molar refractivity (Wildman–Crippen MR) is 84.4 cm³/mol. The Bertz CT molecular complexity index is 721. The highest BCUT2D eigenvalue weighted by atomic mass is 19.3. The lowest BCUT2D eigenvalue weighted by molar-refractivity contribution is -0.116. The summed E-state index contributed by atoms with van der Waals surface area (Å²) in [6.07, 6.45) is -0.979. The van der Waals surface area contributed by atoms with E-state index < -0.39 is 18.6 Å². The number of alkyl halides is 2. The molecular formula is C18H15F2NO3. The summed E-state index contributed by atoms with van der Waals surface area (Å²) in [5.41, 5.74) is 1.18. The molecule has 2 aromatic carbocycles. The number of amides is 1. The third-order valence-electron chi connectivity index (χ3n) is 3.04. The molecule has 2 rings (SSSR count).